The molecule has 0 aromatic heterocycles. The normalized spacial score (nSPS) is 11.8. The molecule has 0 saturated carbocycles. The predicted octanol–water partition coefficient (Wildman–Crippen LogP) is 6.44. The fourth-order valence-corrected chi connectivity index (χ4v) is 9.78. The Bertz CT molecular complexity index is 2660. The molecule has 0 aliphatic heterocycles. The minimum Gasteiger partial charge on any atom is -0.494 e. The van der Waals surface area contributed by atoms with Crippen molar-refractivity contribution in [3.05, 3.63) is 72.8 Å². The smallest absolute Gasteiger partial charge is 0.222 e. The molecule has 10 N–H and O–H groups in total. The molecule has 3 aromatic rings. The topological polar surface area (TPSA) is 363 Å². The summed E-state index contributed by atoms with van der Waals surface area (Å²) >= 11 is 0. The van der Waals surface area contributed by atoms with E-state index in [0.717, 1.165) is 0 Å². The Morgan fingerprint density at radius 2 is 0.653 bits per heavy atom. The number of amides is 10. The molecule has 27 nitrogen and oxygen atoms in total. The standard InChI is InChI=1S/C71H108N10O17/c1-51(47-52(2)69(92)70(6,7)8)18-31-68(91)81-71(48-93-44-32-65(88)75-38-12-35-72-62(85)15-9-41-96-59-25-19-56(20-26-59)78-53(3)82,49-94-45-33-66(89)76-39-13-36-73-63(86)16-10-42-97-60-27-21-57(22-28-60)79-54(4)83)50-95-46-34-67(90)77-40-14-37-74-64(87)17-11-43-98-61-29-23-58(24-30-61)80-55(5)84/h19-30,51-52H,9-18,31-50H2,1-8H3,(H,72,85)(H,73,86)(H,74,87)(H,75,88)(H,76,89)(H,77,90)(H,78,82)(H,79,83)(H,80,84)(H,81,91). The third-order valence-corrected chi connectivity index (χ3v) is 14.7. The summed E-state index contributed by atoms with van der Waals surface area (Å²) in [5.41, 5.74) is 0.0599. The van der Waals surface area contributed by atoms with Crippen LogP contribution >= 0.6 is 0 Å². The number of hydrogen-bond donors (Lipinski definition) is 10. The summed E-state index contributed by atoms with van der Waals surface area (Å²) in [6.07, 6.45) is 4.55. The van der Waals surface area contributed by atoms with E-state index < -0.39 is 11.0 Å². The van der Waals surface area contributed by atoms with Crippen molar-refractivity contribution in [3.63, 3.8) is 0 Å². The lowest BCUT2D eigenvalue weighted by atomic mass is 9.80. The van der Waals surface area contributed by atoms with E-state index in [0.29, 0.717) is 125 Å². The van der Waals surface area contributed by atoms with E-state index in [1.54, 1.807) is 72.8 Å². The van der Waals surface area contributed by atoms with Crippen LogP contribution in [0.4, 0.5) is 17.1 Å². The zero-order valence-electron chi connectivity index (χ0n) is 58.7. The summed E-state index contributed by atoms with van der Waals surface area (Å²) in [7, 11) is 0. The third-order valence-electron chi connectivity index (χ3n) is 14.7. The van der Waals surface area contributed by atoms with E-state index in [2.05, 4.69) is 53.2 Å². The van der Waals surface area contributed by atoms with Crippen molar-refractivity contribution in [1.29, 1.82) is 0 Å². The van der Waals surface area contributed by atoms with Gasteiger partial charge in [0.05, 0.1) is 59.5 Å². The predicted molar refractivity (Wildman–Crippen MR) is 372 cm³/mol. The highest BCUT2D eigenvalue weighted by atomic mass is 16.5. The summed E-state index contributed by atoms with van der Waals surface area (Å²) in [5, 5.41) is 28.2. The minimum atomic E-state index is -1.38. The average molecular weight is 1370 g/mol. The maximum absolute atomic E-state index is 14.0. The van der Waals surface area contributed by atoms with E-state index >= 15 is 0 Å². The first-order valence-corrected chi connectivity index (χ1v) is 34.0. The molecule has 10 amide bonds. The summed E-state index contributed by atoms with van der Waals surface area (Å²) in [6, 6.07) is 20.7. The highest BCUT2D eigenvalue weighted by molar-refractivity contribution is 5.90. The third kappa shape index (κ3) is 40.8. The molecule has 0 aliphatic rings. The second-order valence-corrected chi connectivity index (χ2v) is 25.3. The van der Waals surface area contributed by atoms with Crippen LogP contribution in [-0.2, 0) is 67.0 Å². The summed E-state index contributed by atoms with van der Waals surface area (Å²) in [4.78, 5) is 137. The molecule has 0 heterocycles. The quantitative estimate of drug-likeness (QED) is 0.0272. The van der Waals surface area contributed by atoms with Crippen molar-refractivity contribution in [2.45, 2.75) is 157 Å². The van der Waals surface area contributed by atoms with Gasteiger partial charge in [0.15, 0.2) is 0 Å². The lowest BCUT2D eigenvalue weighted by Crippen LogP contribution is -2.58. The Hall–Kier alpha value is -8.69. The molecule has 0 spiro atoms. The zero-order chi connectivity index (χ0) is 72.0. The summed E-state index contributed by atoms with van der Waals surface area (Å²) < 4.78 is 35.4. The van der Waals surface area contributed by atoms with Crippen LogP contribution < -0.4 is 67.4 Å². The van der Waals surface area contributed by atoms with Gasteiger partial charge in [-0.1, -0.05) is 34.6 Å². The number of ether oxygens (including phenoxy) is 6. The molecular weight excluding hydrogens is 1260 g/mol. The van der Waals surface area contributed by atoms with Gasteiger partial charge in [0.1, 0.15) is 28.6 Å². The van der Waals surface area contributed by atoms with Gasteiger partial charge in [0, 0.05) is 133 Å². The molecule has 98 heavy (non-hydrogen) atoms. The van der Waals surface area contributed by atoms with Crippen LogP contribution in [0, 0.1) is 17.3 Å². The van der Waals surface area contributed by atoms with Crippen molar-refractivity contribution in [1.82, 2.24) is 37.2 Å². The van der Waals surface area contributed by atoms with Crippen LogP contribution in [0.2, 0.25) is 0 Å². The molecule has 2 atom stereocenters. The zero-order valence-corrected chi connectivity index (χ0v) is 58.7. The van der Waals surface area contributed by atoms with Crippen molar-refractivity contribution in [2.24, 2.45) is 17.3 Å². The number of carbonyl (C=O) groups is 11. The number of hydrogen-bond acceptors (Lipinski definition) is 17. The molecule has 0 aliphatic carbocycles. The molecule has 2 unspecified atom stereocenters. The monoisotopic (exact) mass is 1370 g/mol. The Morgan fingerprint density at radius 3 is 0.929 bits per heavy atom. The minimum absolute atomic E-state index is 0.0128. The average Bonchev–Trinajstić information content (AvgIpc) is 0.875. The molecule has 3 rings (SSSR count). The SMILES string of the molecule is CC(=O)Nc1ccc(OCCCC(=O)NCCCNC(=O)CCOCC(COCCC(=O)NCCCNC(=O)CCCOc2ccc(NC(C)=O)cc2)(COCCC(=O)NCCCNC(=O)CCCOc2ccc(NC(C)=O)cc2)NC(=O)CCC(C)CC(C)C(=O)C(C)(C)C)cc1. The van der Waals surface area contributed by atoms with E-state index in [4.69, 9.17) is 28.4 Å². The summed E-state index contributed by atoms with van der Waals surface area (Å²) in [5.74, 6) is -0.542. The first-order chi connectivity index (χ1) is 46.8. The van der Waals surface area contributed by atoms with Gasteiger partial charge in [-0.3, -0.25) is 52.7 Å². The molecule has 0 saturated heterocycles. The van der Waals surface area contributed by atoms with Crippen LogP contribution in [-0.4, -0.2) is 169 Å². The molecule has 544 valence electrons. The number of rotatable bonds is 52. The van der Waals surface area contributed by atoms with Gasteiger partial charge in [0.25, 0.3) is 0 Å². The summed E-state index contributed by atoms with van der Waals surface area (Å²) in [6.45, 7) is 15.8. The van der Waals surface area contributed by atoms with Gasteiger partial charge >= 0.3 is 0 Å². The lowest BCUT2D eigenvalue weighted by Gasteiger charge is -2.34. The van der Waals surface area contributed by atoms with Crippen molar-refractivity contribution >= 4 is 81.9 Å². The largest absolute Gasteiger partial charge is 0.494 e. The Labute approximate surface area is 577 Å². The highest BCUT2D eigenvalue weighted by Crippen LogP contribution is 2.27. The van der Waals surface area contributed by atoms with Crippen molar-refractivity contribution in [2.75, 3.05) is 115 Å². The lowest BCUT2D eigenvalue weighted by molar-refractivity contribution is -0.131. The number of benzene rings is 3. The molecule has 0 bridgehead atoms. The fourth-order valence-electron chi connectivity index (χ4n) is 9.78. The first kappa shape index (κ1) is 83.5. The van der Waals surface area contributed by atoms with Crippen LogP contribution in [0.5, 0.6) is 17.2 Å². The molecule has 3 aromatic carbocycles. The Balaban J connectivity index is 1.55. The van der Waals surface area contributed by atoms with Crippen molar-refractivity contribution < 1.29 is 81.2 Å². The maximum Gasteiger partial charge on any atom is 0.222 e. The van der Waals surface area contributed by atoms with Crippen LogP contribution in [0.15, 0.2) is 72.8 Å². The van der Waals surface area contributed by atoms with Gasteiger partial charge < -0.3 is 81.6 Å². The van der Waals surface area contributed by atoms with E-state index in [1.807, 2.05) is 34.6 Å². The second kappa shape index (κ2) is 48.1. The van der Waals surface area contributed by atoms with Gasteiger partial charge in [-0.2, -0.15) is 0 Å². The molecule has 27 heteroatoms. The highest BCUT2D eigenvalue weighted by Gasteiger charge is 2.35. The second-order valence-electron chi connectivity index (χ2n) is 25.3. The van der Waals surface area contributed by atoms with Crippen LogP contribution in [0.25, 0.3) is 0 Å². The van der Waals surface area contributed by atoms with E-state index in [9.17, 15) is 52.7 Å². The Morgan fingerprint density at radius 1 is 0.367 bits per heavy atom. The van der Waals surface area contributed by atoms with E-state index in [-0.39, 0.29) is 181 Å². The van der Waals surface area contributed by atoms with Crippen LogP contribution in [0.3, 0.4) is 0 Å². The van der Waals surface area contributed by atoms with Gasteiger partial charge in [0.2, 0.25) is 59.1 Å². The number of ketones is 1. The van der Waals surface area contributed by atoms with Crippen LogP contribution in [0.1, 0.15) is 152 Å². The number of carbonyl (C=O) groups excluding carboxylic acids is 11. The van der Waals surface area contributed by atoms with E-state index in [1.165, 1.54) is 20.8 Å². The first-order valence-electron chi connectivity index (χ1n) is 34.0. The van der Waals surface area contributed by atoms with Gasteiger partial charge in [-0.15, -0.1) is 0 Å². The van der Waals surface area contributed by atoms with Gasteiger partial charge in [-0.05, 0) is 130 Å². The Kier molecular flexibility index (Phi) is 41.0. The number of Topliss-reactive ketones (excluding diaryl/α,β-unsaturated/α-hetero) is 1. The number of nitrogens with one attached hydrogen (secondary N) is 10. The van der Waals surface area contributed by atoms with Crippen molar-refractivity contribution in [3.8, 4) is 17.2 Å². The maximum atomic E-state index is 14.0. The molecule has 0 fully saturated rings. The number of anilines is 3. The fraction of sp³-hybridized carbons (Fsp3) is 0.592. The molecule has 0 radical (unpaired) electrons. The van der Waals surface area contributed by atoms with Gasteiger partial charge in [-0.25, -0.2) is 0 Å². The molecular formula is C71H108N10O17.